The minimum Gasteiger partial charge on any atom is -0.481 e. The Balaban J connectivity index is 2.15. The third-order valence-electron chi connectivity index (χ3n) is 4.30. The Morgan fingerprint density at radius 3 is 2.48 bits per heavy atom. The van der Waals surface area contributed by atoms with Crippen LogP contribution in [0.15, 0.2) is 30.3 Å². The minimum absolute atomic E-state index is 0.112. The van der Waals surface area contributed by atoms with Crippen LogP contribution < -0.4 is 5.73 Å². The van der Waals surface area contributed by atoms with Crippen LogP contribution in [0.1, 0.15) is 32.3 Å². The molecule has 5 nitrogen and oxygen atoms in total. The molecule has 3 N–H and O–H groups in total. The van der Waals surface area contributed by atoms with Gasteiger partial charge in [0.05, 0.1) is 5.92 Å². The third kappa shape index (κ3) is 3.08. The molecule has 114 valence electrons. The molecule has 0 spiro atoms. The van der Waals surface area contributed by atoms with Crippen LogP contribution in [-0.4, -0.2) is 34.5 Å². The van der Waals surface area contributed by atoms with Gasteiger partial charge in [-0.1, -0.05) is 30.3 Å². The van der Waals surface area contributed by atoms with E-state index in [4.69, 9.17) is 10.8 Å². The van der Waals surface area contributed by atoms with E-state index in [-0.39, 0.29) is 17.9 Å². The van der Waals surface area contributed by atoms with Crippen molar-refractivity contribution in [1.29, 1.82) is 0 Å². The predicted molar refractivity (Wildman–Crippen MR) is 79.5 cm³/mol. The van der Waals surface area contributed by atoms with E-state index in [1.165, 1.54) is 0 Å². The molecule has 1 aromatic carbocycles. The highest BCUT2D eigenvalue weighted by Gasteiger charge is 2.39. The molecule has 0 saturated carbocycles. The summed E-state index contributed by atoms with van der Waals surface area (Å²) >= 11 is 0. The van der Waals surface area contributed by atoms with Gasteiger partial charge in [0.25, 0.3) is 0 Å². The van der Waals surface area contributed by atoms with Crippen LogP contribution in [0.2, 0.25) is 0 Å². The van der Waals surface area contributed by atoms with Crippen LogP contribution in [0.25, 0.3) is 0 Å². The van der Waals surface area contributed by atoms with Crippen LogP contribution >= 0.6 is 0 Å². The first-order valence-corrected chi connectivity index (χ1v) is 7.22. The van der Waals surface area contributed by atoms with Crippen LogP contribution in [0.4, 0.5) is 0 Å². The predicted octanol–water partition coefficient (Wildman–Crippen LogP) is 1.57. The van der Waals surface area contributed by atoms with Crippen molar-refractivity contribution in [2.75, 3.05) is 6.54 Å². The molecule has 1 aromatic rings. The molecule has 3 unspecified atom stereocenters. The Bertz CT molecular complexity index is 528. The summed E-state index contributed by atoms with van der Waals surface area (Å²) < 4.78 is 0. The lowest BCUT2D eigenvalue weighted by atomic mass is 9.87. The maximum atomic E-state index is 12.8. The Morgan fingerprint density at radius 2 is 1.95 bits per heavy atom. The lowest BCUT2D eigenvalue weighted by molar-refractivity contribution is -0.149. The number of carbonyl (C=O) groups is 2. The second-order valence-corrected chi connectivity index (χ2v) is 5.98. The number of nitrogens with zero attached hydrogens (tertiary/aromatic N) is 1. The monoisotopic (exact) mass is 290 g/mol. The van der Waals surface area contributed by atoms with E-state index in [1.54, 1.807) is 11.8 Å². The summed E-state index contributed by atoms with van der Waals surface area (Å²) in [5, 5.41) is 9.09. The number of carbonyl (C=O) groups excluding carboxylic acids is 1. The number of likely N-dealkylation sites (tertiary alicyclic amines) is 1. The van der Waals surface area contributed by atoms with Crippen LogP contribution in [0.3, 0.4) is 0 Å². The molecule has 0 aromatic heterocycles. The molecule has 0 bridgehead atoms. The standard InChI is InChI=1S/C16H22N2O3/c1-11-10-12(14(19)20)8-9-18(11)15(21)16(2,17)13-6-4-3-5-7-13/h3-7,11-12H,8-10,17H2,1-2H3,(H,19,20). The SMILES string of the molecule is CC1CC(C(=O)O)CCN1C(=O)C(C)(N)c1ccccc1. The average Bonchev–Trinajstić information content (AvgIpc) is 2.47. The van der Waals surface area contributed by atoms with E-state index in [1.807, 2.05) is 37.3 Å². The number of aliphatic carboxylic acids is 1. The molecule has 2 rings (SSSR count). The highest BCUT2D eigenvalue weighted by atomic mass is 16.4. The quantitative estimate of drug-likeness (QED) is 0.885. The van der Waals surface area contributed by atoms with Gasteiger partial charge in [-0.25, -0.2) is 0 Å². The molecule has 1 aliphatic rings. The summed E-state index contributed by atoms with van der Waals surface area (Å²) in [6.45, 7) is 4.03. The first kappa shape index (κ1) is 15.5. The number of benzene rings is 1. The molecular weight excluding hydrogens is 268 g/mol. The van der Waals surface area contributed by atoms with Gasteiger partial charge in [-0.2, -0.15) is 0 Å². The molecule has 21 heavy (non-hydrogen) atoms. The minimum atomic E-state index is -1.09. The van der Waals surface area contributed by atoms with Gasteiger partial charge >= 0.3 is 5.97 Å². The summed E-state index contributed by atoms with van der Waals surface area (Å²) in [6, 6.07) is 9.16. The Labute approximate surface area is 124 Å². The Kier molecular flexibility index (Phi) is 4.32. The Hall–Kier alpha value is -1.88. The van der Waals surface area contributed by atoms with E-state index in [0.29, 0.717) is 19.4 Å². The summed E-state index contributed by atoms with van der Waals surface area (Å²) in [6.07, 6.45) is 0.961. The van der Waals surface area contributed by atoms with Crippen molar-refractivity contribution in [2.24, 2.45) is 11.7 Å². The number of amides is 1. The molecule has 1 saturated heterocycles. The highest BCUT2D eigenvalue weighted by molar-refractivity contribution is 5.87. The molecule has 1 fully saturated rings. The summed E-state index contributed by atoms with van der Waals surface area (Å²) in [5.41, 5.74) is 5.94. The zero-order valence-corrected chi connectivity index (χ0v) is 12.5. The number of rotatable bonds is 3. The van der Waals surface area contributed by atoms with Gasteiger partial charge in [0.1, 0.15) is 5.54 Å². The number of carboxylic acid groups (broad SMARTS) is 1. The number of hydrogen-bond acceptors (Lipinski definition) is 3. The van der Waals surface area contributed by atoms with Crippen molar-refractivity contribution < 1.29 is 14.7 Å². The van der Waals surface area contributed by atoms with Crippen molar-refractivity contribution in [1.82, 2.24) is 4.90 Å². The van der Waals surface area contributed by atoms with Gasteiger partial charge in [0.15, 0.2) is 0 Å². The Morgan fingerprint density at radius 1 is 1.33 bits per heavy atom. The average molecular weight is 290 g/mol. The van der Waals surface area contributed by atoms with E-state index in [2.05, 4.69) is 0 Å². The normalized spacial score (nSPS) is 25.2. The maximum Gasteiger partial charge on any atom is 0.306 e. The van der Waals surface area contributed by atoms with E-state index >= 15 is 0 Å². The highest BCUT2D eigenvalue weighted by Crippen LogP contribution is 2.28. The molecule has 1 heterocycles. The topological polar surface area (TPSA) is 83.6 Å². The van der Waals surface area contributed by atoms with Crippen molar-refractivity contribution >= 4 is 11.9 Å². The number of carboxylic acids is 1. The number of nitrogens with two attached hydrogens (primary N) is 1. The van der Waals surface area contributed by atoms with Gasteiger partial charge < -0.3 is 15.7 Å². The summed E-state index contributed by atoms with van der Waals surface area (Å²) in [5.74, 6) is -1.30. The third-order valence-corrected chi connectivity index (χ3v) is 4.30. The first-order valence-electron chi connectivity index (χ1n) is 7.22. The molecular formula is C16H22N2O3. The van der Waals surface area contributed by atoms with E-state index < -0.39 is 11.5 Å². The van der Waals surface area contributed by atoms with Gasteiger partial charge in [-0.05, 0) is 32.3 Å². The zero-order valence-electron chi connectivity index (χ0n) is 12.5. The zero-order chi connectivity index (χ0) is 15.6. The smallest absolute Gasteiger partial charge is 0.306 e. The van der Waals surface area contributed by atoms with Crippen LogP contribution in [-0.2, 0) is 15.1 Å². The van der Waals surface area contributed by atoms with Gasteiger partial charge in [0, 0.05) is 12.6 Å². The van der Waals surface area contributed by atoms with Crippen LogP contribution in [0.5, 0.6) is 0 Å². The van der Waals surface area contributed by atoms with Crippen molar-refractivity contribution in [3.05, 3.63) is 35.9 Å². The lowest BCUT2D eigenvalue weighted by Gasteiger charge is -2.40. The molecule has 1 aliphatic heterocycles. The second kappa shape index (κ2) is 5.85. The molecule has 3 atom stereocenters. The van der Waals surface area contributed by atoms with Crippen molar-refractivity contribution in [3.63, 3.8) is 0 Å². The lowest BCUT2D eigenvalue weighted by Crippen LogP contribution is -2.56. The van der Waals surface area contributed by atoms with E-state index in [9.17, 15) is 9.59 Å². The van der Waals surface area contributed by atoms with Gasteiger partial charge in [-0.15, -0.1) is 0 Å². The number of piperidine rings is 1. The fraction of sp³-hybridized carbons (Fsp3) is 0.500. The molecule has 0 aliphatic carbocycles. The van der Waals surface area contributed by atoms with Gasteiger partial charge in [-0.3, -0.25) is 9.59 Å². The number of hydrogen-bond donors (Lipinski definition) is 2. The molecule has 0 radical (unpaired) electrons. The summed E-state index contributed by atoms with van der Waals surface area (Å²) in [7, 11) is 0. The fourth-order valence-corrected chi connectivity index (χ4v) is 2.90. The van der Waals surface area contributed by atoms with Gasteiger partial charge in [0.2, 0.25) is 5.91 Å². The van der Waals surface area contributed by atoms with Crippen molar-refractivity contribution in [3.8, 4) is 0 Å². The second-order valence-electron chi connectivity index (χ2n) is 5.98. The summed E-state index contributed by atoms with van der Waals surface area (Å²) in [4.78, 5) is 25.5. The molecule has 5 heteroatoms. The van der Waals surface area contributed by atoms with Crippen LogP contribution in [0, 0.1) is 5.92 Å². The fourth-order valence-electron chi connectivity index (χ4n) is 2.90. The maximum absolute atomic E-state index is 12.8. The molecule has 1 amide bonds. The van der Waals surface area contributed by atoms with Crippen molar-refractivity contribution in [2.45, 2.75) is 38.3 Å². The van der Waals surface area contributed by atoms with E-state index in [0.717, 1.165) is 5.56 Å². The first-order chi connectivity index (χ1) is 9.84. The largest absolute Gasteiger partial charge is 0.481 e.